The fraction of sp³-hybridized carbons (Fsp3) is 0.615. The monoisotopic (exact) mass is 316 g/mol. The van der Waals surface area contributed by atoms with Crippen LogP contribution in [0.15, 0.2) is 21.2 Å². The van der Waals surface area contributed by atoms with Gasteiger partial charge in [0.2, 0.25) is 0 Å². The summed E-state index contributed by atoms with van der Waals surface area (Å²) in [5.74, 6) is 0.771. The van der Waals surface area contributed by atoms with Gasteiger partial charge in [-0.15, -0.1) is 0 Å². The van der Waals surface area contributed by atoms with Crippen molar-refractivity contribution in [1.82, 2.24) is 0 Å². The maximum atomic E-state index is 11.4. The van der Waals surface area contributed by atoms with Gasteiger partial charge in [-0.25, -0.2) is 0 Å². The molecular formula is C13H17BrO4. The van der Waals surface area contributed by atoms with Crippen molar-refractivity contribution in [1.29, 1.82) is 0 Å². The highest BCUT2D eigenvalue weighted by atomic mass is 79.9. The summed E-state index contributed by atoms with van der Waals surface area (Å²) in [4.78, 5) is 11.4. The zero-order chi connectivity index (χ0) is 13.0. The average Bonchev–Trinajstić information content (AvgIpc) is 2.82. The molecule has 1 aliphatic rings. The molecule has 0 bridgehead atoms. The van der Waals surface area contributed by atoms with E-state index < -0.39 is 0 Å². The average molecular weight is 317 g/mol. The highest BCUT2D eigenvalue weighted by Crippen LogP contribution is 2.28. The maximum Gasteiger partial charge on any atom is 0.308 e. The van der Waals surface area contributed by atoms with E-state index in [1.165, 1.54) is 7.11 Å². The molecule has 4 nitrogen and oxygen atoms in total. The van der Waals surface area contributed by atoms with E-state index in [0.717, 1.165) is 36.1 Å². The topological polar surface area (TPSA) is 48.7 Å². The van der Waals surface area contributed by atoms with E-state index >= 15 is 0 Å². The van der Waals surface area contributed by atoms with Gasteiger partial charge >= 0.3 is 5.97 Å². The summed E-state index contributed by atoms with van der Waals surface area (Å²) in [6, 6.07) is 3.75. The van der Waals surface area contributed by atoms with Crippen molar-refractivity contribution in [3.63, 3.8) is 0 Å². The normalized spacial score (nSPS) is 23.9. The molecule has 0 amide bonds. The van der Waals surface area contributed by atoms with Gasteiger partial charge in [-0.05, 0) is 53.7 Å². The van der Waals surface area contributed by atoms with Gasteiger partial charge in [0.1, 0.15) is 12.4 Å². The third-order valence-corrected chi connectivity index (χ3v) is 3.73. The number of hydrogen-bond acceptors (Lipinski definition) is 4. The molecule has 2 rings (SSSR count). The Balaban J connectivity index is 1.72. The van der Waals surface area contributed by atoms with E-state index in [9.17, 15) is 4.79 Å². The van der Waals surface area contributed by atoms with Gasteiger partial charge in [-0.3, -0.25) is 4.79 Å². The van der Waals surface area contributed by atoms with Crippen molar-refractivity contribution in [2.75, 3.05) is 7.11 Å². The number of methoxy groups -OCH3 is 1. The Morgan fingerprint density at radius 2 is 2.11 bits per heavy atom. The summed E-state index contributed by atoms with van der Waals surface area (Å²) < 4.78 is 16.6. The van der Waals surface area contributed by atoms with Crippen LogP contribution in [0.1, 0.15) is 31.4 Å². The molecule has 18 heavy (non-hydrogen) atoms. The predicted molar refractivity (Wildman–Crippen MR) is 69.0 cm³/mol. The van der Waals surface area contributed by atoms with E-state index in [-0.39, 0.29) is 18.0 Å². The minimum Gasteiger partial charge on any atom is -0.469 e. The first kappa shape index (κ1) is 13.6. The number of carbonyl (C=O) groups is 1. The van der Waals surface area contributed by atoms with Gasteiger partial charge in [0.05, 0.1) is 19.1 Å². The molecule has 1 aliphatic carbocycles. The molecule has 0 aliphatic heterocycles. The second kappa shape index (κ2) is 6.38. The Bertz CT molecular complexity index is 393. The summed E-state index contributed by atoms with van der Waals surface area (Å²) in [5, 5.41) is 0. The van der Waals surface area contributed by atoms with Crippen molar-refractivity contribution in [3.8, 4) is 0 Å². The first-order valence-corrected chi connectivity index (χ1v) is 6.92. The van der Waals surface area contributed by atoms with Crippen molar-refractivity contribution < 1.29 is 18.7 Å². The quantitative estimate of drug-likeness (QED) is 0.800. The van der Waals surface area contributed by atoms with Crippen molar-refractivity contribution in [2.45, 2.75) is 38.4 Å². The van der Waals surface area contributed by atoms with Gasteiger partial charge in [-0.1, -0.05) is 0 Å². The summed E-state index contributed by atoms with van der Waals surface area (Å²) in [7, 11) is 1.44. The fourth-order valence-corrected chi connectivity index (χ4v) is 2.60. The number of halogens is 1. The summed E-state index contributed by atoms with van der Waals surface area (Å²) in [6.45, 7) is 0.485. The minimum atomic E-state index is -0.0941. The highest BCUT2D eigenvalue weighted by molar-refractivity contribution is 9.10. The first-order chi connectivity index (χ1) is 8.69. The minimum absolute atomic E-state index is 0.0487. The van der Waals surface area contributed by atoms with Gasteiger partial charge in [0.25, 0.3) is 0 Å². The molecular weight excluding hydrogens is 300 g/mol. The lowest BCUT2D eigenvalue weighted by Crippen LogP contribution is -2.26. The lowest BCUT2D eigenvalue weighted by atomic mass is 9.87. The molecule has 1 aromatic heterocycles. The van der Waals surface area contributed by atoms with Gasteiger partial charge in [0.15, 0.2) is 4.67 Å². The van der Waals surface area contributed by atoms with Crippen LogP contribution in [0, 0.1) is 5.92 Å². The Labute approximate surface area is 115 Å². The van der Waals surface area contributed by atoms with E-state index in [2.05, 4.69) is 15.9 Å². The van der Waals surface area contributed by atoms with Gasteiger partial charge in [-0.2, -0.15) is 0 Å². The third kappa shape index (κ3) is 3.59. The van der Waals surface area contributed by atoms with Crippen LogP contribution in [0.4, 0.5) is 0 Å². The van der Waals surface area contributed by atoms with Crippen LogP contribution < -0.4 is 0 Å². The van der Waals surface area contributed by atoms with Crippen molar-refractivity contribution in [3.05, 3.63) is 22.6 Å². The van der Waals surface area contributed by atoms with Gasteiger partial charge < -0.3 is 13.9 Å². The molecule has 0 spiro atoms. The van der Waals surface area contributed by atoms with Crippen LogP contribution in [-0.4, -0.2) is 19.2 Å². The molecule has 0 aromatic carbocycles. The smallest absolute Gasteiger partial charge is 0.308 e. The van der Waals surface area contributed by atoms with Crippen LogP contribution in [0.25, 0.3) is 0 Å². The second-order valence-corrected chi connectivity index (χ2v) is 5.30. The Hall–Kier alpha value is -0.810. The lowest BCUT2D eigenvalue weighted by molar-refractivity contribution is -0.147. The molecule has 0 atom stereocenters. The molecule has 1 saturated carbocycles. The number of rotatable bonds is 4. The fourth-order valence-electron chi connectivity index (χ4n) is 2.26. The predicted octanol–water partition coefficient (Wildman–Crippen LogP) is 3.29. The zero-order valence-corrected chi connectivity index (χ0v) is 11.9. The SMILES string of the molecule is COC(=O)C1CCC(OCc2ccc(Br)o2)CC1. The van der Waals surface area contributed by atoms with Crippen molar-refractivity contribution >= 4 is 21.9 Å². The zero-order valence-electron chi connectivity index (χ0n) is 10.4. The molecule has 1 heterocycles. The van der Waals surface area contributed by atoms with Crippen molar-refractivity contribution in [2.24, 2.45) is 5.92 Å². The van der Waals surface area contributed by atoms with Crippen LogP contribution in [0.2, 0.25) is 0 Å². The third-order valence-electron chi connectivity index (χ3n) is 3.30. The number of ether oxygens (including phenoxy) is 2. The summed E-state index contributed by atoms with van der Waals surface area (Å²) >= 11 is 3.26. The van der Waals surface area contributed by atoms with Crippen LogP contribution in [0.5, 0.6) is 0 Å². The van der Waals surface area contributed by atoms with E-state index in [0.29, 0.717) is 6.61 Å². The van der Waals surface area contributed by atoms with Crippen LogP contribution in [0.3, 0.4) is 0 Å². The number of carbonyl (C=O) groups excluding carboxylic acids is 1. The molecule has 0 N–H and O–H groups in total. The van der Waals surface area contributed by atoms with E-state index in [1.807, 2.05) is 12.1 Å². The summed E-state index contributed by atoms with van der Waals surface area (Å²) in [6.07, 6.45) is 3.72. The highest BCUT2D eigenvalue weighted by Gasteiger charge is 2.27. The first-order valence-electron chi connectivity index (χ1n) is 6.12. The maximum absolute atomic E-state index is 11.4. The molecule has 0 saturated heterocycles. The Morgan fingerprint density at radius 1 is 1.39 bits per heavy atom. The second-order valence-electron chi connectivity index (χ2n) is 4.51. The Kier molecular flexibility index (Phi) is 4.83. The van der Waals surface area contributed by atoms with Gasteiger partial charge in [0, 0.05) is 0 Å². The van der Waals surface area contributed by atoms with E-state index in [1.54, 1.807) is 0 Å². The number of hydrogen-bond donors (Lipinski definition) is 0. The molecule has 100 valence electrons. The Morgan fingerprint density at radius 3 is 2.67 bits per heavy atom. The van der Waals surface area contributed by atoms with E-state index in [4.69, 9.17) is 13.9 Å². The number of esters is 1. The number of furan rings is 1. The van der Waals surface area contributed by atoms with Crippen LogP contribution >= 0.6 is 15.9 Å². The standard InChI is InChI=1S/C13H17BrO4/c1-16-13(15)9-2-4-10(5-3-9)17-8-11-6-7-12(14)18-11/h6-7,9-10H,2-5,8H2,1H3. The molecule has 1 aromatic rings. The largest absolute Gasteiger partial charge is 0.469 e. The molecule has 0 radical (unpaired) electrons. The summed E-state index contributed by atoms with van der Waals surface area (Å²) in [5.41, 5.74) is 0. The molecule has 0 unspecified atom stereocenters. The molecule has 5 heteroatoms. The molecule has 1 fully saturated rings. The lowest BCUT2D eigenvalue weighted by Gasteiger charge is -2.26. The van der Waals surface area contributed by atoms with Crippen LogP contribution in [-0.2, 0) is 20.9 Å².